The molecule has 13 heavy (non-hydrogen) atoms. The maximum Gasteiger partial charge on any atom is 0.177 e. The molecule has 0 fully saturated rings. The Morgan fingerprint density at radius 1 is 1.54 bits per heavy atom. The van der Waals surface area contributed by atoms with Gasteiger partial charge in [0.15, 0.2) is 5.78 Å². The SMILES string of the molecule is CCc1cc(C(=O)CCl)ccc1O. The average Bonchev–Trinajstić information content (AvgIpc) is 2.17. The number of phenols is 1. The van der Waals surface area contributed by atoms with Crippen LogP contribution in [0.5, 0.6) is 5.75 Å². The molecule has 1 N–H and O–H groups in total. The van der Waals surface area contributed by atoms with Gasteiger partial charge in [-0.1, -0.05) is 6.92 Å². The van der Waals surface area contributed by atoms with Gasteiger partial charge in [0.2, 0.25) is 0 Å². The quantitative estimate of drug-likeness (QED) is 0.598. The molecule has 0 aromatic heterocycles. The molecule has 1 rings (SSSR count). The molecule has 2 nitrogen and oxygen atoms in total. The third-order valence-electron chi connectivity index (χ3n) is 1.90. The summed E-state index contributed by atoms with van der Waals surface area (Å²) in [5.41, 5.74) is 1.33. The van der Waals surface area contributed by atoms with Gasteiger partial charge in [-0.15, -0.1) is 11.6 Å². The first kappa shape index (κ1) is 10.1. The van der Waals surface area contributed by atoms with Crippen molar-refractivity contribution in [3.05, 3.63) is 29.3 Å². The third-order valence-corrected chi connectivity index (χ3v) is 2.15. The lowest BCUT2D eigenvalue weighted by atomic mass is 10.1. The van der Waals surface area contributed by atoms with Crippen LogP contribution in [-0.4, -0.2) is 16.8 Å². The topological polar surface area (TPSA) is 37.3 Å². The number of aryl methyl sites for hydroxylation is 1. The van der Waals surface area contributed by atoms with E-state index in [1.165, 1.54) is 6.07 Å². The summed E-state index contributed by atoms with van der Waals surface area (Å²) in [5, 5.41) is 9.35. The van der Waals surface area contributed by atoms with Gasteiger partial charge >= 0.3 is 0 Å². The number of phenolic OH excluding ortho intramolecular Hbond substituents is 1. The number of benzene rings is 1. The van der Waals surface area contributed by atoms with Crippen molar-refractivity contribution < 1.29 is 9.90 Å². The second-order valence-electron chi connectivity index (χ2n) is 2.75. The van der Waals surface area contributed by atoms with Crippen molar-refractivity contribution in [1.29, 1.82) is 0 Å². The largest absolute Gasteiger partial charge is 0.508 e. The fraction of sp³-hybridized carbons (Fsp3) is 0.300. The zero-order chi connectivity index (χ0) is 9.84. The Kier molecular flexibility index (Phi) is 3.32. The number of Topliss-reactive ketones (excluding diaryl/α,β-unsaturated/α-hetero) is 1. The highest BCUT2D eigenvalue weighted by Crippen LogP contribution is 2.19. The molecule has 0 saturated heterocycles. The lowest BCUT2D eigenvalue weighted by molar-refractivity contribution is 0.102. The summed E-state index contributed by atoms with van der Waals surface area (Å²) < 4.78 is 0. The molecule has 0 atom stereocenters. The highest BCUT2D eigenvalue weighted by Gasteiger charge is 2.06. The number of ketones is 1. The van der Waals surface area contributed by atoms with E-state index in [4.69, 9.17) is 11.6 Å². The van der Waals surface area contributed by atoms with E-state index in [9.17, 15) is 9.90 Å². The van der Waals surface area contributed by atoms with Crippen molar-refractivity contribution in [2.75, 3.05) is 5.88 Å². The summed E-state index contributed by atoms with van der Waals surface area (Å²) in [6.45, 7) is 1.92. The lowest BCUT2D eigenvalue weighted by Gasteiger charge is -2.03. The Bertz CT molecular complexity index is 321. The van der Waals surface area contributed by atoms with Crippen LogP contribution in [0.1, 0.15) is 22.8 Å². The summed E-state index contributed by atoms with van der Waals surface area (Å²) in [6, 6.07) is 4.79. The smallest absolute Gasteiger partial charge is 0.177 e. The van der Waals surface area contributed by atoms with E-state index in [-0.39, 0.29) is 17.4 Å². The standard InChI is InChI=1S/C10H11ClO2/c1-2-7-5-8(10(13)6-11)3-4-9(7)12/h3-5,12H,2,6H2,1H3. The minimum atomic E-state index is -0.114. The van der Waals surface area contributed by atoms with E-state index in [1.54, 1.807) is 12.1 Å². The van der Waals surface area contributed by atoms with Crippen LogP contribution in [0.25, 0.3) is 0 Å². The fourth-order valence-electron chi connectivity index (χ4n) is 1.12. The van der Waals surface area contributed by atoms with E-state index in [0.29, 0.717) is 12.0 Å². The van der Waals surface area contributed by atoms with Crippen molar-refractivity contribution in [3.8, 4) is 5.75 Å². The first-order chi connectivity index (χ1) is 6.19. The maximum absolute atomic E-state index is 11.2. The monoisotopic (exact) mass is 198 g/mol. The van der Waals surface area contributed by atoms with Crippen LogP contribution in [0, 0.1) is 0 Å². The normalized spacial score (nSPS) is 10.0. The van der Waals surface area contributed by atoms with E-state index in [0.717, 1.165) is 5.56 Å². The molecule has 1 aromatic rings. The van der Waals surface area contributed by atoms with E-state index in [1.807, 2.05) is 6.92 Å². The van der Waals surface area contributed by atoms with Crippen molar-refractivity contribution >= 4 is 17.4 Å². The number of hydrogen-bond acceptors (Lipinski definition) is 2. The number of hydrogen-bond donors (Lipinski definition) is 1. The number of carbonyl (C=O) groups is 1. The average molecular weight is 199 g/mol. The van der Waals surface area contributed by atoms with Crippen LogP contribution in [0.2, 0.25) is 0 Å². The molecule has 0 aliphatic rings. The lowest BCUT2D eigenvalue weighted by Crippen LogP contribution is -2.00. The molecule has 70 valence electrons. The van der Waals surface area contributed by atoms with Crippen LogP contribution >= 0.6 is 11.6 Å². The van der Waals surface area contributed by atoms with Crippen molar-refractivity contribution in [2.24, 2.45) is 0 Å². The summed E-state index contributed by atoms with van der Waals surface area (Å²) in [5.74, 6) is 0.0958. The number of alkyl halides is 1. The molecule has 0 unspecified atom stereocenters. The molecule has 0 aliphatic heterocycles. The Labute approximate surface area is 82.2 Å². The second kappa shape index (κ2) is 4.28. The summed E-state index contributed by atoms with van der Waals surface area (Å²) in [4.78, 5) is 11.2. The van der Waals surface area contributed by atoms with Gasteiger partial charge < -0.3 is 5.11 Å². The van der Waals surface area contributed by atoms with Crippen LogP contribution in [0.15, 0.2) is 18.2 Å². The van der Waals surface area contributed by atoms with Crippen LogP contribution in [-0.2, 0) is 6.42 Å². The van der Waals surface area contributed by atoms with E-state index in [2.05, 4.69) is 0 Å². The molecule has 0 heterocycles. The zero-order valence-corrected chi connectivity index (χ0v) is 8.14. The highest BCUT2D eigenvalue weighted by atomic mass is 35.5. The van der Waals surface area contributed by atoms with Crippen molar-refractivity contribution in [2.45, 2.75) is 13.3 Å². The first-order valence-corrected chi connectivity index (χ1v) is 4.63. The van der Waals surface area contributed by atoms with Gasteiger partial charge in [0.05, 0.1) is 5.88 Å². The Balaban J connectivity index is 3.06. The van der Waals surface area contributed by atoms with Gasteiger partial charge in [0.25, 0.3) is 0 Å². The Hall–Kier alpha value is -1.02. The maximum atomic E-state index is 11.2. The summed E-state index contributed by atoms with van der Waals surface area (Å²) in [7, 11) is 0. The third kappa shape index (κ3) is 2.22. The van der Waals surface area contributed by atoms with Gasteiger partial charge in [-0.25, -0.2) is 0 Å². The molecule has 0 aliphatic carbocycles. The van der Waals surface area contributed by atoms with Gasteiger partial charge in [-0.2, -0.15) is 0 Å². The van der Waals surface area contributed by atoms with Crippen LogP contribution in [0.3, 0.4) is 0 Å². The van der Waals surface area contributed by atoms with Crippen LogP contribution in [0.4, 0.5) is 0 Å². The van der Waals surface area contributed by atoms with Gasteiger partial charge in [-0.05, 0) is 30.2 Å². The van der Waals surface area contributed by atoms with Crippen LogP contribution < -0.4 is 0 Å². The minimum Gasteiger partial charge on any atom is -0.508 e. The second-order valence-corrected chi connectivity index (χ2v) is 3.02. The van der Waals surface area contributed by atoms with Crippen molar-refractivity contribution in [3.63, 3.8) is 0 Å². The zero-order valence-electron chi connectivity index (χ0n) is 7.38. The molecular formula is C10H11ClO2. The Morgan fingerprint density at radius 2 is 2.23 bits per heavy atom. The number of carbonyl (C=O) groups excluding carboxylic acids is 1. The predicted molar refractivity (Wildman–Crippen MR) is 52.5 cm³/mol. The summed E-state index contributed by atoms with van der Waals surface area (Å²) in [6.07, 6.45) is 0.704. The fourth-order valence-corrected chi connectivity index (χ4v) is 1.27. The van der Waals surface area contributed by atoms with Crippen molar-refractivity contribution in [1.82, 2.24) is 0 Å². The van der Waals surface area contributed by atoms with E-state index < -0.39 is 0 Å². The van der Waals surface area contributed by atoms with Gasteiger partial charge in [0, 0.05) is 5.56 Å². The van der Waals surface area contributed by atoms with Gasteiger partial charge in [-0.3, -0.25) is 4.79 Å². The van der Waals surface area contributed by atoms with E-state index >= 15 is 0 Å². The Morgan fingerprint density at radius 3 is 2.77 bits per heavy atom. The number of aromatic hydroxyl groups is 1. The highest BCUT2D eigenvalue weighted by molar-refractivity contribution is 6.30. The number of rotatable bonds is 3. The molecule has 0 saturated carbocycles. The molecule has 0 radical (unpaired) electrons. The molecule has 3 heteroatoms. The van der Waals surface area contributed by atoms with Gasteiger partial charge in [0.1, 0.15) is 5.75 Å². The molecule has 1 aromatic carbocycles. The minimum absolute atomic E-state index is 0.0199. The molecular weight excluding hydrogens is 188 g/mol. The molecule has 0 spiro atoms. The molecule has 0 bridgehead atoms. The number of halogens is 1. The molecule has 0 amide bonds. The first-order valence-electron chi connectivity index (χ1n) is 4.10. The summed E-state index contributed by atoms with van der Waals surface area (Å²) >= 11 is 5.41. The predicted octanol–water partition coefficient (Wildman–Crippen LogP) is 2.38.